The van der Waals surface area contributed by atoms with Crippen LogP contribution in [0.25, 0.3) is 10.8 Å². The van der Waals surface area contributed by atoms with Crippen molar-refractivity contribution in [2.24, 2.45) is 0 Å². The number of nitrogens with zero attached hydrogens (tertiary/aromatic N) is 2. The average molecular weight is 335 g/mol. The summed E-state index contributed by atoms with van der Waals surface area (Å²) in [4.78, 5) is 24.7. The van der Waals surface area contributed by atoms with Crippen molar-refractivity contribution in [3.8, 4) is 12.3 Å². The molecule has 1 aromatic carbocycles. The number of carbonyl (C=O) groups is 1. The first-order chi connectivity index (χ1) is 12.0. The summed E-state index contributed by atoms with van der Waals surface area (Å²) in [6, 6.07) is 8.82. The Bertz CT molecular complexity index is 1050. The minimum atomic E-state index is -0.255. The molecule has 3 rings (SSSR count). The van der Waals surface area contributed by atoms with Gasteiger partial charge in [-0.1, -0.05) is 24.1 Å². The zero-order valence-corrected chi connectivity index (χ0v) is 14.0. The van der Waals surface area contributed by atoms with Gasteiger partial charge in [-0.05, 0) is 26.0 Å². The van der Waals surface area contributed by atoms with Crippen molar-refractivity contribution in [1.29, 1.82) is 0 Å². The number of nitrogens with one attached hydrogen (secondary N) is 1. The van der Waals surface area contributed by atoms with Gasteiger partial charge in [-0.3, -0.25) is 9.59 Å². The molecule has 0 saturated heterocycles. The number of amides is 1. The van der Waals surface area contributed by atoms with E-state index in [-0.39, 0.29) is 24.6 Å². The number of aromatic nitrogens is 2. The standard InChI is InChI=1S/C19H17N3O3/c1-4-9-22-19(24)15-8-6-5-7-14(15)17(21-22)11-20-18(23)16-10-12(2)25-13(16)3/h1,5-8,10H,9,11H2,2-3H3,(H,20,23). The van der Waals surface area contributed by atoms with E-state index in [1.165, 1.54) is 4.68 Å². The van der Waals surface area contributed by atoms with Crippen molar-refractivity contribution in [1.82, 2.24) is 15.1 Å². The average Bonchev–Trinajstić information content (AvgIpc) is 2.94. The Morgan fingerprint density at radius 1 is 1.32 bits per heavy atom. The third kappa shape index (κ3) is 3.17. The van der Waals surface area contributed by atoms with E-state index in [2.05, 4.69) is 16.3 Å². The molecule has 0 radical (unpaired) electrons. The van der Waals surface area contributed by atoms with Crippen LogP contribution in [0.3, 0.4) is 0 Å². The Balaban J connectivity index is 1.94. The molecule has 0 bridgehead atoms. The lowest BCUT2D eigenvalue weighted by Gasteiger charge is -2.10. The second kappa shape index (κ2) is 6.65. The van der Waals surface area contributed by atoms with E-state index in [1.54, 1.807) is 38.1 Å². The summed E-state index contributed by atoms with van der Waals surface area (Å²) in [6.07, 6.45) is 5.31. The van der Waals surface area contributed by atoms with Gasteiger partial charge in [-0.15, -0.1) is 6.42 Å². The number of carbonyl (C=O) groups excluding carboxylic acids is 1. The van der Waals surface area contributed by atoms with E-state index in [1.807, 2.05) is 6.07 Å². The van der Waals surface area contributed by atoms with Crippen LogP contribution in [-0.2, 0) is 13.1 Å². The van der Waals surface area contributed by atoms with Gasteiger partial charge in [0.1, 0.15) is 18.1 Å². The highest BCUT2D eigenvalue weighted by Crippen LogP contribution is 2.15. The Hall–Kier alpha value is -3.33. The van der Waals surface area contributed by atoms with Crippen molar-refractivity contribution in [3.63, 3.8) is 0 Å². The molecular formula is C19H17N3O3. The van der Waals surface area contributed by atoms with Gasteiger partial charge in [0.2, 0.25) is 0 Å². The van der Waals surface area contributed by atoms with E-state index in [4.69, 9.17) is 10.8 Å². The number of rotatable bonds is 4. The second-order valence-electron chi connectivity index (χ2n) is 5.67. The highest BCUT2D eigenvalue weighted by Gasteiger charge is 2.15. The summed E-state index contributed by atoms with van der Waals surface area (Å²) in [7, 11) is 0. The van der Waals surface area contributed by atoms with Crippen LogP contribution in [0.1, 0.15) is 27.6 Å². The number of aryl methyl sites for hydroxylation is 2. The summed E-state index contributed by atoms with van der Waals surface area (Å²) < 4.78 is 6.61. The first kappa shape index (κ1) is 16.5. The van der Waals surface area contributed by atoms with Gasteiger partial charge in [0, 0.05) is 5.39 Å². The van der Waals surface area contributed by atoms with Crippen molar-refractivity contribution in [3.05, 3.63) is 63.5 Å². The van der Waals surface area contributed by atoms with Crippen LogP contribution in [0.2, 0.25) is 0 Å². The van der Waals surface area contributed by atoms with Gasteiger partial charge in [-0.2, -0.15) is 5.10 Å². The summed E-state index contributed by atoms with van der Waals surface area (Å²) in [5, 5.41) is 8.35. The topological polar surface area (TPSA) is 77.1 Å². The third-order valence-electron chi connectivity index (χ3n) is 3.89. The van der Waals surface area contributed by atoms with Crippen molar-refractivity contribution < 1.29 is 9.21 Å². The van der Waals surface area contributed by atoms with Crippen LogP contribution in [0.15, 0.2) is 39.5 Å². The van der Waals surface area contributed by atoms with Crippen LogP contribution in [0.5, 0.6) is 0 Å². The maximum Gasteiger partial charge on any atom is 0.275 e. The van der Waals surface area contributed by atoms with Crippen molar-refractivity contribution in [2.45, 2.75) is 26.9 Å². The third-order valence-corrected chi connectivity index (χ3v) is 3.89. The summed E-state index contributed by atoms with van der Waals surface area (Å²) in [5.74, 6) is 3.40. The maximum atomic E-state index is 12.4. The normalized spacial score (nSPS) is 10.6. The molecule has 1 amide bonds. The second-order valence-corrected chi connectivity index (χ2v) is 5.67. The fraction of sp³-hybridized carbons (Fsp3) is 0.211. The lowest BCUT2D eigenvalue weighted by molar-refractivity contribution is 0.0949. The number of fused-ring (bicyclic) bond motifs is 1. The number of terminal acetylenes is 1. The molecule has 3 aromatic rings. The van der Waals surface area contributed by atoms with Gasteiger partial charge in [0.25, 0.3) is 11.5 Å². The zero-order valence-electron chi connectivity index (χ0n) is 14.0. The molecule has 0 saturated carbocycles. The van der Waals surface area contributed by atoms with Crippen molar-refractivity contribution in [2.75, 3.05) is 0 Å². The van der Waals surface area contributed by atoms with Gasteiger partial charge in [0.05, 0.1) is 23.2 Å². The molecule has 0 aliphatic rings. The van der Waals surface area contributed by atoms with Gasteiger partial charge < -0.3 is 9.73 Å². The lowest BCUT2D eigenvalue weighted by Crippen LogP contribution is -2.28. The van der Waals surface area contributed by atoms with Crippen LogP contribution in [-0.4, -0.2) is 15.7 Å². The Kier molecular flexibility index (Phi) is 4.40. The monoisotopic (exact) mass is 335 g/mol. The van der Waals surface area contributed by atoms with E-state index in [0.29, 0.717) is 33.6 Å². The van der Waals surface area contributed by atoms with Crippen LogP contribution in [0.4, 0.5) is 0 Å². The molecular weight excluding hydrogens is 318 g/mol. The Morgan fingerprint density at radius 2 is 2.04 bits per heavy atom. The molecule has 126 valence electrons. The fourth-order valence-corrected chi connectivity index (χ4v) is 2.74. The fourth-order valence-electron chi connectivity index (χ4n) is 2.74. The van der Waals surface area contributed by atoms with Crippen LogP contribution >= 0.6 is 0 Å². The SMILES string of the molecule is C#CCn1nc(CNC(=O)c2cc(C)oc2C)c2ccccc2c1=O. The molecule has 0 aliphatic carbocycles. The van der Waals surface area contributed by atoms with E-state index in [0.717, 1.165) is 0 Å². The zero-order chi connectivity index (χ0) is 18.0. The molecule has 0 aliphatic heterocycles. The van der Waals surface area contributed by atoms with E-state index < -0.39 is 0 Å². The molecule has 6 nitrogen and oxygen atoms in total. The summed E-state index contributed by atoms with van der Waals surface area (Å²) in [5.41, 5.74) is 0.820. The van der Waals surface area contributed by atoms with Gasteiger partial charge in [0.15, 0.2) is 0 Å². The predicted molar refractivity (Wildman–Crippen MR) is 94.2 cm³/mol. The summed E-state index contributed by atoms with van der Waals surface area (Å²) >= 11 is 0. The molecule has 0 fully saturated rings. The van der Waals surface area contributed by atoms with Gasteiger partial charge in [-0.25, -0.2) is 4.68 Å². The molecule has 0 spiro atoms. The number of hydrogen-bond donors (Lipinski definition) is 1. The smallest absolute Gasteiger partial charge is 0.275 e. The molecule has 2 aromatic heterocycles. The first-order valence-corrected chi connectivity index (χ1v) is 7.78. The number of hydrogen-bond acceptors (Lipinski definition) is 4. The highest BCUT2D eigenvalue weighted by atomic mass is 16.3. The molecule has 1 N–H and O–H groups in total. The Morgan fingerprint density at radius 3 is 2.68 bits per heavy atom. The molecule has 2 heterocycles. The van der Waals surface area contributed by atoms with E-state index in [9.17, 15) is 9.59 Å². The van der Waals surface area contributed by atoms with Gasteiger partial charge >= 0.3 is 0 Å². The highest BCUT2D eigenvalue weighted by molar-refractivity contribution is 5.95. The lowest BCUT2D eigenvalue weighted by atomic mass is 10.1. The Labute approximate surface area is 144 Å². The van der Waals surface area contributed by atoms with Crippen LogP contribution in [0, 0.1) is 26.2 Å². The number of furan rings is 1. The van der Waals surface area contributed by atoms with Crippen LogP contribution < -0.4 is 10.9 Å². The molecule has 25 heavy (non-hydrogen) atoms. The first-order valence-electron chi connectivity index (χ1n) is 7.78. The predicted octanol–water partition coefficient (Wildman–Crippen LogP) is 2.17. The maximum absolute atomic E-state index is 12.4. The molecule has 0 atom stereocenters. The largest absolute Gasteiger partial charge is 0.466 e. The minimum absolute atomic E-state index is 0.0741. The quantitative estimate of drug-likeness (QED) is 0.741. The van der Waals surface area contributed by atoms with E-state index >= 15 is 0 Å². The minimum Gasteiger partial charge on any atom is -0.466 e. The molecule has 0 unspecified atom stereocenters. The van der Waals surface area contributed by atoms with Crippen molar-refractivity contribution >= 4 is 16.7 Å². The summed E-state index contributed by atoms with van der Waals surface area (Å²) in [6.45, 7) is 3.77. The molecule has 6 heteroatoms. The number of benzene rings is 1.